The molecule has 0 saturated heterocycles. The highest BCUT2D eigenvalue weighted by atomic mass is 127. The number of rotatable bonds is 5. The standard InChI is InChI=1S/C12H10INO5/c13-7-2-8-19-11(15)6-5-9-3-1-4-10(12(9)16)14(17)18/h1,3-4,16H,5-6,8H2. The number of benzene rings is 1. The van der Waals surface area contributed by atoms with E-state index in [1.54, 1.807) is 0 Å². The van der Waals surface area contributed by atoms with Crippen molar-refractivity contribution in [1.29, 1.82) is 0 Å². The zero-order valence-corrected chi connectivity index (χ0v) is 11.9. The highest BCUT2D eigenvalue weighted by Crippen LogP contribution is 2.29. The summed E-state index contributed by atoms with van der Waals surface area (Å²) in [6.07, 6.45) is 0.196. The summed E-state index contributed by atoms with van der Waals surface area (Å²) in [5.74, 6) is 1.69. The van der Waals surface area contributed by atoms with Gasteiger partial charge in [0, 0.05) is 40.6 Å². The predicted octanol–water partition coefficient (Wildman–Crippen LogP) is 2.17. The fourth-order valence-corrected chi connectivity index (χ4v) is 1.54. The summed E-state index contributed by atoms with van der Waals surface area (Å²) >= 11 is 1.83. The number of carbonyl (C=O) groups is 1. The lowest BCUT2D eigenvalue weighted by Crippen LogP contribution is -2.06. The average Bonchev–Trinajstić information content (AvgIpc) is 2.37. The molecule has 0 heterocycles. The highest BCUT2D eigenvalue weighted by Gasteiger charge is 2.16. The van der Waals surface area contributed by atoms with Crippen LogP contribution in [-0.2, 0) is 16.0 Å². The van der Waals surface area contributed by atoms with Crippen molar-refractivity contribution >= 4 is 34.2 Å². The number of aromatic hydroxyl groups is 1. The second-order valence-electron chi connectivity index (χ2n) is 3.47. The molecule has 0 unspecified atom stereocenters. The van der Waals surface area contributed by atoms with Crippen molar-refractivity contribution < 1.29 is 19.6 Å². The minimum absolute atomic E-state index is 0.0166. The lowest BCUT2D eigenvalue weighted by molar-refractivity contribution is -0.385. The molecule has 0 saturated carbocycles. The molecule has 100 valence electrons. The van der Waals surface area contributed by atoms with Gasteiger partial charge in [0.1, 0.15) is 0 Å². The van der Waals surface area contributed by atoms with Crippen molar-refractivity contribution in [2.75, 3.05) is 6.61 Å². The number of carbonyl (C=O) groups excluding carboxylic acids is 1. The summed E-state index contributed by atoms with van der Waals surface area (Å²) in [7, 11) is 0. The van der Waals surface area contributed by atoms with E-state index >= 15 is 0 Å². The molecule has 0 fully saturated rings. The van der Waals surface area contributed by atoms with E-state index < -0.39 is 16.6 Å². The molecule has 19 heavy (non-hydrogen) atoms. The fraction of sp³-hybridized carbons (Fsp3) is 0.250. The molecule has 1 aromatic carbocycles. The van der Waals surface area contributed by atoms with Gasteiger partial charge in [-0.1, -0.05) is 18.1 Å². The molecule has 0 aliphatic carbocycles. The molecule has 0 aliphatic rings. The quantitative estimate of drug-likeness (QED) is 0.280. The van der Waals surface area contributed by atoms with Crippen molar-refractivity contribution in [3.63, 3.8) is 0 Å². The number of para-hydroxylation sites is 1. The topological polar surface area (TPSA) is 89.7 Å². The molecule has 0 bridgehead atoms. The SMILES string of the molecule is O=C(CCc1cccc([N+](=O)[O-])c1O)OCC#CI. The summed E-state index contributed by atoms with van der Waals surface area (Å²) in [5, 5.41) is 20.3. The number of halogens is 1. The third kappa shape index (κ3) is 4.75. The number of phenolic OH excluding ortho intramolecular Hbond substituents is 1. The lowest BCUT2D eigenvalue weighted by Gasteiger charge is -2.04. The Labute approximate surface area is 123 Å². The van der Waals surface area contributed by atoms with Crippen LogP contribution in [0.15, 0.2) is 18.2 Å². The van der Waals surface area contributed by atoms with Gasteiger partial charge >= 0.3 is 11.7 Å². The summed E-state index contributed by atoms with van der Waals surface area (Å²) in [5.41, 5.74) is -0.0345. The van der Waals surface area contributed by atoms with Gasteiger partial charge in [0.05, 0.1) is 4.92 Å². The molecule has 0 spiro atoms. The zero-order valence-electron chi connectivity index (χ0n) is 9.76. The van der Waals surface area contributed by atoms with Crippen LogP contribution in [0, 0.1) is 20.0 Å². The minimum atomic E-state index is -0.673. The van der Waals surface area contributed by atoms with E-state index in [4.69, 9.17) is 4.74 Å². The van der Waals surface area contributed by atoms with Gasteiger partial charge in [-0.3, -0.25) is 14.9 Å². The van der Waals surface area contributed by atoms with Crippen LogP contribution in [0.25, 0.3) is 0 Å². The number of nitro groups is 1. The van der Waals surface area contributed by atoms with Crippen molar-refractivity contribution in [2.24, 2.45) is 0 Å². The van der Waals surface area contributed by atoms with Gasteiger partial charge in [0.15, 0.2) is 12.4 Å². The largest absolute Gasteiger partial charge is 0.502 e. The molecule has 1 N–H and O–H groups in total. The van der Waals surface area contributed by atoms with Crippen LogP contribution in [0.2, 0.25) is 0 Å². The molecule has 1 rings (SSSR count). The van der Waals surface area contributed by atoms with Gasteiger partial charge in [0.2, 0.25) is 0 Å². The van der Waals surface area contributed by atoms with Gasteiger partial charge in [-0.2, -0.15) is 0 Å². The Kier molecular flexibility index (Phi) is 6.08. The predicted molar refractivity (Wildman–Crippen MR) is 75.8 cm³/mol. The maximum Gasteiger partial charge on any atom is 0.310 e. The summed E-state index contributed by atoms with van der Waals surface area (Å²) in [4.78, 5) is 21.3. The van der Waals surface area contributed by atoms with Crippen molar-refractivity contribution in [3.8, 4) is 15.6 Å². The minimum Gasteiger partial charge on any atom is -0.502 e. The van der Waals surface area contributed by atoms with Crippen molar-refractivity contribution in [2.45, 2.75) is 12.8 Å². The molecular weight excluding hydrogens is 365 g/mol. The molecule has 0 aliphatic heterocycles. The number of nitrogens with zero attached hydrogens (tertiary/aromatic N) is 1. The summed E-state index contributed by atoms with van der Waals surface area (Å²) < 4.78 is 7.34. The molecule has 0 radical (unpaired) electrons. The monoisotopic (exact) mass is 375 g/mol. The maximum absolute atomic E-state index is 11.3. The lowest BCUT2D eigenvalue weighted by atomic mass is 10.1. The Morgan fingerprint density at radius 2 is 2.26 bits per heavy atom. The van der Waals surface area contributed by atoms with Gasteiger partial charge in [0.25, 0.3) is 0 Å². The first-order valence-corrected chi connectivity index (χ1v) is 6.33. The number of phenols is 1. The number of nitro benzene ring substituents is 1. The van der Waals surface area contributed by atoms with E-state index in [0.29, 0.717) is 5.56 Å². The third-order valence-electron chi connectivity index (χ3n) is 2.27. The van der Waals surface area contributed by atoms with Crippen LogP contribution in [0.3, 0.4) is 0 Å². The Bertz CT molecular complexity index is 547. The zero-order chi connectivity index (χ0) is 14.3. The number of hydrogen-bond acceptors (Lipinski definition) is 5. The third-order valence-corrected chi connectivity index (χ3v) is 2.65. The number of hydrogen-bond donors (Lipinski definition) is 1. The first-order valence-electron chi connectivity index (χ1n) is 5.25. The van der Waals surface area contributed by atoms with Crippen LogP contribution in [0.4, 0.5) is 5.69 Å². The van der Waals surface area contributed by atoms with Gasteiger partial charge in [-0.05, 0) is 10.3 Å². The Morgan fingerprint density at radius 1 is 1.53 bits per heavy atom. The van der Waals surface area contributed by atoms with Gasteiger partial charge < -0.3 is 9.84 Å². The van der Waals surface area contributed by atoms with E-state index in [1.165, 1.54) is 18.2 Å². The molecule has 0 aromatic heterocycles. The van der Waals surface area contributed by atoms with E-state index in [0.717, 1.165) is 0 Å². The van der Waals surface area contributed by atoms with Crippen LogP contribution in [-0.4, -0.2) is 22.6 Å². The summed E-state index contributed by atoms with van der Waals surface area (Å²) in [6.45, 7) is 0.0166. The molecule has 6 nitrogen and oxygen atoms in total. The van der Waals surface area contributed by atoms with E-state index in [-0.39, 0.29) is 25.1 Å². The maximum atomic E-state index is 11.3. The van der Waals surface area contributed by atoms with Gasteiger partial charge in [-0.15, -0.1) is 0 Å². The van der Waals surface area contributed by atoms with Gasteiger partial charge in [-0.25, -0.2) is 0 Å². The van der Waals surface area contributed by atoms with Crippen LogP contribution < -0.4 is 0 Å². The van der Waals surface area contributed by atoms with Crippen LogP contribution in [0.5, 0.6) is 5.75 Å². The van der Waals surface area contributed by atoms with Crippen molar-refractivity contribution in [1.82, 2.24) is 0 Å². The first kappa shape index (κ1) is 15.2. The molecule has 0 atom stereocenters. The van der Waals surface area contributed by atoms with E-state index in [9.17, 15) is 20.0 Å². The number of ether oxygens (including phenoxy) is 1. The van der Waals surface area contributed by atoms with E-state index in [2.05, 4.69) is 9.85 Å². The highest BCUT2D eigenvalue weighted by molar-refractivity contribution is 14.1. The molecular formula is C12H10INO5. The average molecular weight is 375 g/mol. The smallest absolute Gasteiger partial charge is 0.310 e. The molecule has 7 heteroatoms. The Balaban J connectivity index is 2.62. The second-order valence-corrected chi connectivity index (χ2v) is 4.01. The normalized spacial score (nSPS) is 9.32. The molecule has 0 amide bonds. The van der Waals surface area contributed by atoms with Crippen LogP contribution >= 0.6 is 22.6 Å². The summed E-state index contributed by atoms with van der Waals surface area (Å²) in [6, 6.07) is 4.19. The fourth-order valence-electron chi connectivity index (χ4n) is 1.38. The first-order chi connectivity index (χ1) is 9.06. The molecule has 1 aromatic rings. The number of esters is 1. The number of aryl methyl sites for hydroxylation is 1. The Morgan fingerprint density at radius 3 is 2.89 bits per heavy atom. The van der Waals surface area contributed by atoms with E-state index in [1.807, 2.05) is 22.6 Å². The Hall–Kier alpha value is -1.82. The van der Waals surface area contributed by atoms with Crippen LogP contribution in [0.1, 0.15) is 12.0 Å². The second kappa shape index (κ2) is 7.58. The van der Waals surface area contributed by atoms with Crippen molar-refractivity contribution in [3.05, 3.63) is 33.9 Å².